The number of benzene rings is 1. The molecule has 0 saturated heterocycles. The van der Waals surface area contributed by atoms with E-state index in [1.54, 1.807) is 12.3 Å². The van der Waals surface area contributed by atoms with Crippen LogP contribution in [0.15, 0.2) is 41.0 Å². The van der Waals surface area contributed by atoms with Gasteiger partial charge in [-0.3, -0.25) is 15.1 Å². The van der Waals surface area contributed by atoms with Crippen molar-refractivity contribution in [2.75, 3.05) is 5.32 Å². The Bertz CT molecular complexity index is 604. The smallest absolute Gasteiger partial charge is 0.271 e. The number of anilines is 1. The molecule has 1 aromatic heterocycles. The Morgan fingerprint density at radius 2 is 2.16 bits per heavy atom. The normalized spacial score (nSPS) is 10.2. The van der Waals surface area contributed by atoms with E-state index >= 15 is 0 Å². The second kappa shape index (κ2) is 5.75. The van der Waals surface area contributed by atoms with Gasteiger partial charge in [-0.25, -0.2) is 4.39 Å². The summed E-state index contributed by atoms with van der Waals surface area (Å²) in [6.45, 7) is 0.283. The number of rotatable bonds is 4. The van der Waals surface area contributed by atoms with Gasteiger partial charge in [0, 0.05) is 22.8 Å². The summed E-state index contributed by atoms with van der Waals surface area (Å²) in [5.41, 5.74) is 0.626. The van der Waals surface area contributed by atoms with Crippen LogP contribution in [-0.4, -0.2) is 9.91 Å². The van der Waals surface area contributed by atoms with E-state index in [0.29, 0.717) is 5.69 Å². The Kier molecular flexibility index (Phi) is 4.06. The number of non-ortho nitro benzene ring substituents is 1. The van der Waals surface area contributed by atoms with E-state index in [2.05, 4.69) is 26.2 Å². The molecule has 2 rings (SSSR count). The van der Waals surface area contributed by atoms with Crippen LogP contribution in [0.3, 0.4) is 0 Å². The second-order valence-electron chi connectivity index (χ2n) is 3.74. The fraction of sp³-hybridized carbons (Fsp3) is 0.0833. The fourth-order valence-electron chi connectivity index (χ4n) is 1.46. The quantitative estimate of drug-likeness (QED) is 0.690. The lowest BCUT2D eigenvalue weighted by Crippen LogP contribution is -2.03. The Balaban J connectivity index is 2.12. The van der Waals surface area contributed by atoms with E-state index in [9.17, 15) is 14.5 Å². The van der Waals surface area contributed by atoms with Crippen LogP contribution in [0.5, 0.6) is 0 Å². The molecule has 0 aliphatic rings. The number of aromatic nitrogens is 1. The average molecular weight is 326 g/mol. The standard InChI is InChI=1S/C12H9BrFN3O2/c13-8-1-2-9(15-6-8)7-16-12-5-10(17(18)19)3-4-11(12)14/h1-6,16H,7H2. The Morgan fingerprint density at radius 3 is 2.79 bits per heavy atom. The molecular weight excluding hydrogens is 317 g/mol. The molecule has 1 aromatic carbocycles. The largest absolute Gasteiger partial charge is 0.377 e. The highest BCUT2D eigenvalue weighted by Gasteiger charge is 2.10. The van der Waals surface area contributed by atoms with Crippen molar-refractivity contribution in [3.63, 3.8) is 0 Å². The number of halogens is 2. The highest BCUT2D eigenvalue weighted by Crippen LogP contribution is 2.21. The van der Waals surface area contributed by atoms with Crippen LogP contribution in [0.2, 0.25) is 0 Å². The van der Waals surface area contributed by atoms with Gasteiger partial charge in [0.25, 0.3) is 5.69 Å². The summed E-state index contributed by atoms with van der Waals surface area (Å²) in [6, 6.07) is 6.93. The minimum Gasteiger partial charge on any atom is -0.377 e. The maximum Gasteiger partial charge on any atom is 0.271 e. The number of pyridine rings is 1. The van der Waals surface area contributed by atoms with E-state index in [1.807, 2.05) is 6.07 Å². The zero-order valence-corrected chi connectivity index (χ0v) is 11.2. The monoisotopic (exact) mass is 325 g/mol. The van der Waals surface area contributed by atoms with Gasteiger partial charge in [-0.05, 0) is 34.1 Å². The van der Waals surface area contributed by atoms with Crippen LogP contribution >= 0.6 is 15.9 Å². The molecule has 0 amide bonds. The van der Waals surface area contributed by atoms with Crippen LogP contribution in [0, 0.1) is 15.9 Å². The molecule has 0 bridgehead atoms. The first kappa shape index (κ1) is 13.4. The Morgan fingerprint density at radius 1 is 1.37 bits per heavy atom. The number of nitro groups is 1. The van der Waals surface area contributed by atoms with Crippen molar-refractivity contribution in [2.24, 2.45) is 0 Å². The minimum atomic E-state index is -0.567. The van der Waals surface area contributed by atoms with E-state index < -0.39 is 10.7 Å². The van der Waals surface area contributed by atoms with Crippen LogP contribution < -0.4 is 5.32 Å². The van der Waals surface area contributed by atoms with Crippen molar-refractivity contribution >= 4 is 27.3 Å². The summed E-state index contributed by atoms with van der Waals surface area (Å²) in [4.78, 5) is 14.2. The van der Waals surface area contributed by atoms with Crippen LogP contribution in [-0.2, 0) is 6.54 Å². The van der Waals surface area contributed by atoms with Crippen molar-refractivity contribution in [1.82, 2.24) is 4.98 Å². The molecule has 19 heavy (non-hydrogen) atoms. The van der Waals surface area contributed by atoms with Gasteiger partial charge in [0.05, 0.1) is 22.8 Å². The third kappa shape index (κ3) is 3.47. The van der Waals surface area contributed by atoms with Gasteiger partial charge in [-0.2, -0.15) is 0 Å². The topological polar surface area (TPSA) is 68.1 Å². The molecule has 1 N–H and O–H groups in total. The van der Waals surface area contributed by atoms with Crippen LogP contribution in [0.1, 0.15) is 5.69 Å². The number of hydrogen-bond donors (Lipinski definition) is 1. The Hall–Kier alpha value is -2.02. The van der Waals surface area contributed by atoms with Crippen molar-refractivity contribution in [2.45, 2.75) is 6.54 Å². The highest BCUT2D eigenvalue weighted by molar-refractivity contribution is 9.10. The number of nitro benzene ring substituents is 1. The Labute approximate surface area is 116 Å². The lowest BCUT2D eigenvalue weighted by Gasteiger charge is -2.07. The van der Waals surface area contributed by atoms with E-state index in [-0.39, 0.29) is 17.9 Å². The zero-order valence-electron chi connectivity index (χ0n) is 9.64. The second-order valence-corrected chi connectivity index (χ2v) is 4.66. The lowest BCUT2D eigenvalue weighted by atomic mass is 10.2. The van der Waals surface area contributed by atoms with E-state index in [1.165, 1.54) is 0 Å². The predicted molar refractivity (Wildman–Crippen MR) is 72.3 cm³/mol. The molecule has 0 fully saturated rings. The van der Waals surface area contributed by atoms with Crippen molar-refractivity contribution < 1.29 is 9.31 Å². The predicted octanol–water partition coefficient (Wildman–Crippen LogP) is 3.50. The maximum atomic E-state index is 13.5. The molecule has 0 spiro atoms. The number of hydrogen-bond acceptors (Lipinski definition) is 4. The first-order valence-electron chi connectivity index (χ1n) is 5.34. The summed E-state index contributed by atoms with van der Waals surface area (Å²) in [5.74, 6) is -0.539. The van der Waals surface area contributed by atoms with Gasteiger partial charge in [0.1, 0.15) is 5.82 Å². The fourth-order valence-corrected chi connectivity index (χ4v) is 1.69. The molecule has 1 heterocycles. The molecule has 0 radical (unpaired) electrons. The van der Waals surface area contributed by atoms with Gasteiger partial charge in [0.2, 0.25) is 0 Å². The first-order valence-corrected chi connectivity index (χ1v) is 6.14. The first-order chi connectivity index (χ1) is 9.06. The third-order valence-electron chi connectivity index (χ3n) is 2.41. The SMILES string of the molecule is O=[N+]([O-])c1ccc(F)c(NCc2ccc(Br)cn2)c1. The molecular formula is C12H9BrFN3O2. The molecule has 0 unspecified atom stereocenters. The van der Waals surface area contributed by atoms with Gasteiger partial charge in [-0.15, -0.1) is 0 Å². The summed E-state index contributed by atoms with van der Waals surface area (Å²) in [7, 11) is 0. The van der Waals surface area contributed by atoms with Gasteiger partial charge in [-0.1, -0.05) is 0 Å². The van der Waals surface area contributed by atoms with Gasteiger partial charge in [0.15, 0.2) is 0 Å². The molecule has 2 aromatic rings. The molecule has 0 atom stereocenters. The van der Waals surface area contributed by atoms with Gasteiger partial charge >= 0.3 is 0 Å². The van der Waals surface area contributed by atoms with Crippen molar-refractivity contribution in [3.8, 4) is 0 Å². The highest BCUT2D eigenvalue weighted by atomic mass is 79.9. The molecule has 7 heteroatoms. The number of nitrogens with one attached hydrogen (secondary N) is 1. The molecule has 0 aliphatic carbocycles. The van der Waals surface area contributed by atoms with Gasteiger partial charge < -0.3 is 5.32 Å². The van der Waals surface area contributed by atoms with Crippen LogP contribution in [0.25, 0.3) is 0 Å². The van der Waals surface area contributed by atoms with Crippen molar-refractivity contribution in [3.05, 3.63) is 62.6 Å². The molecule has 0 aliphatic heterocycles. The summed E-state index contributed by atoms with van der Waals surface area (Å²) < 4.78 is 14.3. The molecule has 98 valence electrons. The van der Waals surface area contributed by atoms with Crippen LogP contribution in [0.4, 0.5) is 15.8 Å². The summed E-state index contributed by atoms with van der Waals surface area (Å²) in [5, 5.41) is 13.4. The summed E-state index contributed by atoms with van der Waals surface area (Å²) in [6.07, 6.45) is 1.63. The lowest BCUT2D eigenvalue weighted by molar-refractivity contribution is -0.384. The third-order valence-corrected chi connectivity index (χ3v) is 2.88. The van der Waals surface area contributed by atoms with E-state index in [4.69, 9.17) is 0 Å². The zero-order chi connectivity index (χ0) is 13.8. The minimum absolute atomic E-state index is 0.0823. The maximum absolute atomic E-state index is 13.5. The summed E-state index contributed by atoms with van der Waals surface area (Å²) >= 11 is 3.26. The molecule has 0 saturated carbocycles. The van der Waals surface area contributed by atoms with Crippen molar-refractivity contribution in [1.29, 1.82) is 0 Å². The van der Waals surface area contributed by atoms with E-state index in [0.717, 1.165) is 22.7 Å². The average Bonchev–Trinajstić information content (AvgIpc) is 2.39. The number of nitrogens with zero attached hydrogens (tertiary/aromatic N) is 2. The molecule has 5 nitrogen and oxygen atoms in total.